The highest BCUT2D eigenvalue weighted by Gasteiger charge is 1.98. The molecular formula is C14H27IN4S. The molecule has 6 heteroatoms. The van der Waals surface area contributed by atoms with E-state index in [2.05, 4.69) is 59.1 Å². The summed E-state index contributed by atoms with van der Waals surface area (Å²) in [7, 11) is 4.18. The zero-order chi connectivity index (χ0) is 13.9. The van der Waals surface area contributed by atoms with Crippen LogP contribution in [0.15, 0.2) is 22.5 Å². The van der Waals surface area contributed by atoms with E-state index in [1.807, 2.05) is 0 Å². The molecule has 0 fully saturated rings. The molecule has 1 rings (SSSR count). The Bertz CT molecular complexity index is 352. The number of rotatable bonds is 8. The van der Waals surface area contributed by atoms with Crippen LogP contribution < -0.4 is 10.6 Å². The summed E-state index contributed by atoms with van der Waals surface area (Å²) in [6.45, 7) is 5.87. The second-order valence-electron chi connectivity index (χ2n) is 4.67. The van der Waals surface area contributed by atoms with Crippen LogP contribution in [0.4, 0.5) is 0 Å². The lowest BCUT2D eigenvalue weighted by Crippen LogP contribution is -2.38. The number of nitrogens with zero attached hydrogens (tertiary/aromatic N) is 2. The Kier molecular flexibility index (Phi) is 12.2. The highest BCUT2D eigenvalue weighted by molar-refractivity contribution is 14.0. The van der Waals surface area contributed by atoms with Gasteiger partial charge in [-0.1, -0.05) is 6.07 Å². The van der Waals surface area contributed by atoms with Gasteiger partial charge in [-0.2, -0.15) is 0 Å². The average Bonchev–Trinajstić information content (AvgIpc) is 2.87. The van der Waals surface area contributed by atoms with Gasteiger partial charge in [-0.05, 0) is 51.9 Å². The fourth-order valence-corrected chi connectivity index (χ4v) is 2.39. The van der Waals surface area contributed by atoms with Crippen LogP contribution in [0.25, 0.3) is 0 Å². The molecule has 0 bridgehead atoms. The van der Waals surface area contributed by atoms with Crippen LogP contribution in [0.2, 0.25) is 0 Å². The maximum absolute atomic E-state index is 4.58. The molecule has 0 saturated carbocycles. The molecule has 0 amide bonds. The van der Waals surface area contributed by atoms with Crippen LogP contribution in [0, 0.1) is 0 Å². The van der Waals surface area contributed by atoms with Crippen LogP contribution >= 0.6 is 35.3 Å². The lowest BCUT2D eigenvalue weighted by Gasteiger charge is -2.11. The first-order valence-electron chi connectivity index (χ1n) is 6.91. The largest absolute Gasteiger partial charge is 0.357 e. The first kappa shape index (κ1) is 19.7. The first-order chi connectivity index (χ1) is 9.22. The van der Waals surface area contributed by atoms with Gasteiger partial charge in [0, 0.05) is 24.5 Å². The molecule has 116 valence electrons. The summed E-state index contributed by atoms with van der Waals surface area (Å²) in [6, 6.07) is 4.27. The summed E-state index contributed by atoms with van der Waals surface area (Å²) < 4.78 is 0. The topological polar surface area (TPSA) is 39.7 Å². The van der Waals surface area contributed by atoms with E-state index in [1.54, 1.807) is 11.3 Å². The quantitative estimate of drug-likeness (QED) is 0.299. The van der Waals surface area contributed by atoms with Crippen molar-refractivity contribution < 1.29 is 0 Å². The molecule has 1 aromatic rings. The summed E-state index contributed by atoms with van der Waals surface area (Å²) in [5.74, 6) is 0.929. The molecule has 0 aliphatic carbocycles. The maximum Gasteiger partial charge on any atom is 0.191 e. The minimum atomic E-state index is 0. The van der Waals surface area contributed by atoms with Crippen LogP contribution in [-0.4, -0.2) is 51.1 Å². The Hall–Kier alpha value is -0.340. The smallest absolute Gasteiger partial charge is 0.191 e. The van der Waals surface area contributed by atoms with Gasteiger partial charge in [0.25, 0.3) is 0 Å². The standard InChI is InChI=1S/C14H26N4S.HI/c1-4-15-14(16-9-6-11-18(2)3)17-10-8-13-7-5-12-19-13;/h5,7,12H,4,6,8-11H2,1-3H3,(H2,15,16,17);1H. The Morgan fingerprint density at radius 1 is 1.35 bits per heavy atom. The lowest BCUT2D eigenvalue weighted by atomic mass is 10.3. The average molecular weight is 410 g/mol. The fraction of sp³-hybridized carbons (Fsp3) is 0.643. The molecule has 1 heterocycles. The summed E-state index contributed by atoms with van der Waals surface area (Å²) in [5.41, 5.74) is 0. The van der Waals surface area contributed by atoms with Crippen LogP contribution in [-0.2, 0) is 6.42 Å². The molecule has 0 radical (unpaired) electrons. The van der Waals surface area contributed by atoms with E-state index < -0.39 is 0 Å². The van der Waals surface area contributed by atoms with Gasteiger partial charge in [-0.3, -0.25) is 4.99 Å². The molecule has 0 aliphatic rings. The summed E-state index contributed by atoms with van der Waals surface area (Å²) in [4.78, 5) is 8.18. The van der Waals surface area contributed by atoms with Crippen molar-refractivity contribution in [3.05, 3.63) is 22.4 Å². The van der Waals surface area contributed by atoms with Crippen LogP contribution in [0.5, 0.6) is 0 Å². The van der Waals surface area contributed by atoms with Gasteiger partial charge in [0.2, 0.25) is 0 Å². The van der Waals surface area contributed by atoms with Crippen molar-refractivity contribution >= 4 is 41.3 Å². The van der Waals surface area contributed by atoms with Crippen molar-refractivity contribution in [1.29, 1.82) is 0 Å². The third-order valence-corrected chi connectivity index (χ3v) is 3.56. The molecule has 4 nitrogen and oxygen atoms in total. The second kappa shape index (κ2) is 12.4. The van der Waals surface area contributed by atoms with Crippen molar-refractivity contribution in [2.75, 3.05) is 40.3 Å². The van der Waals surface area contributed by atoms with E-state index in [0.717, 1.165) is 45.0 Å². The molecule has 0 aliphatic heterocycles. The van der Waals surface area contributed by atoms with E-state index in [9.17, 15) is 0 Å². The maximum atomic E-state index is 4.58. The summed E-state index contributed by atoms with van der Waals surface area (Å²) in [6.07, 6.45) is 2.15. The Morgan fingerprint density at radius 2 is 2.15 bits per heavy atom. The molecule has 0 atom stereocenters. The normalized spacial score (nSPS) is 11.3. The highest BCUT2D eigenvalue weighted by atomic mass is 127. The zero-order valence-electron chi connectivity index (χ0n) is 12.7. The number of halogens is 1. The molecule has 0 spiro atoms. The number of aliphatic imine (C=N–C) groups is 1. The van der Waals surface area contributed by atoms with Gasteiger partial charge in [0.15, 0.2) is 5.96 Å². The van der Waals surface area contributed by atoms with E-state index in [4.69, 9.17) is 0 Å². The summed E-state index contributed by atoms with van der Waals surface area (Å²) in [5, 5.41) is 8.78. The number of hydrogen-bond acceptors (Lipinski definition) is 3. The van der Waals surface area contributed by atoms with Crippen LogP contribution in [0.3, 0.4) is 0 Å². The van der Waals surface area contributed by atoms with Gasteiger partial charge in [0.05, 0.1) is 0 Å². The summed E-state index contributed by atoms with van der Waals surface area (Å²) >= 11 is 1.81. The Morgan fingerprint density at radius 3 is 2.75 bits per heavy atom. The predicted molar refractivity (Wildman–Crippen MR) is 101 cm³/mol. The van der Waals surface area contributed by atoms with Crippen molar-refractivity contribution in [2.45, 2.75) is 19.8 Å². The first-order valence-corrected chi connectivity index (χ1v) is 7.79. The van der Waals surface area contributed by atoms with Gasteiger partial charge in [-0.15, -0.1) is 35.3 Å². The van der Waals surface area contributed by atoms with Crippen molar-refractivity contribution in [3.63, 3.8) is 0 Å². The molecule has 0 unspecified atom stereocenters. The van der Waals surface area contributed by atoms with Gasteiger partial charge >= 0.3 is 0 Å². The third-order valence-electron chi connectivity index (χ3n) is 2.62. The van der Waals surface area contributed by atoms with E-state index in [0.29, 0.717) is 0 Å². The fourth-order valence-electron chi connectivity index (χ4n) is 1.68. The molecule has 20 heavy (non-hydrogen) atoms. The Balaban J connectivity index is 0.00000361. The van der Waals surface area contributed by atoms with Crippen molar-refractivity contribution in [2.24, 2.45) is 4.99 Å². The van der Waals surface area contributed by atoms with Crippen molar-refractivity contribution in [3.8, 4) is 0 Å². The van der Waals surface area contributed by atoms with E-state index in [-0.39, 0.29) is 24.0 Å². The number of guanidine groups is 1. The molecule has 1 aromatic heterocycles. The van der Waals surface area contributed by atoms with Gasteiger partial charge < -0.3 is 15.5 Å². The molecule has 0 aromatic carbocycles. The van der Waals surface area contributed by atoms with E-state index >= 15 is 0 Å². The monoisotopic (exact) mass is 410 g/mol. The SMILES string of the molecule is CCNC(=NCCCN(C)C)NCCc1cccs1.I. The van der Waals surface area contributed by atoms with Crippen LogP contribution in [0.1, 0.15) is 18.2 Å². The Labute approximate surface area is 144 Å². The van der Waals surface area contributed by atoms with Gasteiger partial charge in [-0.25, -0.2) is 0 Å². The van der Waals surface area contributed by atoms with Crippen molar-refractivity contribution in [1.82, 2.24) is 15.5 Å². The molecular weight excluding hydrogens is 383 g/mol. The lowest BCUT2D eigenvalue weighted by molar-refractivity contribution is 0.403. The molecule has 2 N–H and O–H groups in total. The zero-order valence-corrected chi connectivity index (χ0v) is 15.8. The number of thiophene rings is 1. The highest BCUT2D eigenvalue weighted by Crippen LogP contribution is 2.07. The number of nitrogens with one attached hydrogen (secondary N) is 2. The molecule has 0 saturated heterocycles. The predicted octanol–water partition coefficient (Wildman–Crippen LogP) is 2.42. The minimum Gasteiger partial charge on any atom is -0.357 e. The number of hydrogen-bond donors (Lipinski definition) is 2. The van der Waals surface area contributed by atoms with E-state index in [1.165, 1.54) is 4.88 Å². The second-order valence-corrected chi connectivity index (χ2v) is 5.71. The van der Waals surface area contributed by atoms with Gasteiger partial charge in [0.1, 0.15) is 0 Å². The minimum absolute atomic E-state index is 0. The third kappa shape index (κ3) is 9.55.